The molecule has 1 aromatic heterocycles. The van der Waals surface area contributed by atoms with E-state index in [1.54, 1.807) is 4.98 Å². The molecule has 0 aromatic carbocycles. The third-order valence-corrected chi connectivity index (χ3v) is 4.11. The normalized spacial score (nSPS) is 22.2. The van der Waals surface area contributed by atoms with E-state index in [2.05, 4.69) is 0 Å². The number of H-pyrrole nitrogens is 1. The molecule has 1 aromatic rings. The molecule has 118 valence electrons. The van der Waals surface area contributed by atoms with Crippen LogP contribution in [0.2, 0.25) is 0 Å². The van der Waals surface area contributed by atoms with Gasteiger partial charge in [-0.15, -0.1) is 0 Å². The Kier molecular flexibility index (Phi) is 3.98. The summed E-state index contributed by atoms with van der Waals surface area (Å²) in [5.41, 5.74) is -3.77. The lowest BCUT2D eigenvalue weighted by molar-refractivity contribution is 0.00815. The first-order valence-electron chi connectivity index (χ1n) is 6.39. The lowest BCUT2D eigenvalue weighted by Gasteiger charge is -2.08. The van der Waals surface area contributed by atoms with Gasteiger partial charge in [0.25, 0.3) is 11.5 Å². The van der Waals surface area contributed by atoms with Crippen molar-refractivity contribution < 1.29 is 23.4 Å². The Morgan fingerprint density at radius 3 is 2.43 bits per heavy atom. The van der Waals surface area contributed by atoms with Crippen LogP contribution < -0.4 is 11.2 Å². The number of aromatic nitrogens is 2. The molecular weight excluding hydrogens is 293 g/mol. The zero-order chi connectivity index (χ0) is 15.8. The number of aryl methyl sites for hydroxylation is 1. The second-order valence-electron chi connectivity index (χ2n) is 5.22. The Morgan fingerprint density at radius 2 is 1.90 bits per heavy atom. The number of aliphatic hydroxyl groups excluding tert-OH is 2. The van der Waals surface area contributed by atoms with Gasteiger partial charge in [0.05, 0.1) is 24.8 Å². The number of nitrogens with zero attached hydrogens (tertiary/aromatic N) is 1. The summed E-state index contributed by atoms with van der Waals surface area (Å²) in [5, 5.41) is 18.0. The van der Waals surface area contributed by atoms with Crippen LogP contribution in [0.4, 0.5) is 13.2 Å². The van der Waals surface area contributed by atoms with E-state index in [-0.39, 0.29) is 19.4 Å². The van der Waals surface area contributed by atoms with E-state index in [1.807, 2.05) is 0 Å². The minimum Gasteiger partial charge on any atom is -0.395 e. The van der Waals surface area contributed by atoms with Gasteiger partial charge in [-0.3, -0.25) is 14.3 Å². The lowest BCUT2D eigenvalue weighted by Crippen LogP contribution is -2.31. The summed E-state index contributed by atoms with van der Waals surface area (Å²) in [6.45, 7) is -1.70. The molecule has 0 spiro atoms. The number of nitrogens with one attached hydrogen (secondary N) is 1. The first-order chi connectivity index (χ1) is 9.80. The summed E-state index contributed by atoms with van der Waals surface area (Å²) in [6.07, 6.45) is 0.798. The van der Waals surface area contributed by atoms with Crippen molar-refractivity contribution in [3.8, 4) is 0 Å². The van der Waals surface area contributed by atoms with Crippen LogP contribution >= 0.6 is 0 Å². The molecule has 1 aliphatic carbocycles. The van der Waals surface area contributed by atoms with Crippen molar-refractivity contribution in [1.82, 2.24) is 9.55 Å². The van der Waals surface area contributed by atoms with Gasteiger partial charge in [-0.1, -0.05) is 0 Å². The number of alkyl halides is 2. The average molecular weight is 308 g/mol. The van der Waals surface area contributed by atoms with Gasteiger partial charge in [0.2, 0.25) is 5.82 Å². The van der Waals surface area contributed by atoms with E-state index in [0.29, 0.717) is 0 Å². The van der Waals surface area contributed by atoms with Gasteiger partial charge in [-0.25, -0.2) is 13.6 Å². The van der Waals surface area contributed by atoms with Crippen molar-refractivity contribution in [3.05, 3.63) is 32.9 Å². The van der Waals surface area contributed by atoms with Crippen molar-refractivity contribution >= 4 is 0 Å². The Balaban J connectivity index is 1.99. The van der Waals surface area contributed by atoms with Gasteiger partial charge in [-0.2, -0.15) is 4.39 Å². The maximum atomic E-state index is 13.5. The van der Waals surface area contributed by atoms with Crippen molar-refractivity contribution in [1.29, 1.82) is 0 Å². The van der Waals surface area contributed by atoms with Crippen LogP contribution in [0.3, 0.4) is 0 Å². The molecule has 0 saturated heterocycles. The van der Waals surface area contributed by atoms with Crippen LogP contribution in [-0.2, 0) is 6.54 Å². The molecule has 9 heteroatoms. The molecule has 6 nitrogen and oxygen atoms in total. The summed E-state index contributed by atoms with van der Waals surface area (Å²) in [5.74, 6) is -5.47. The largest absolute Gasteiger partial charge is 0.395 e. The van der Waals surface area contributed by atoms with Gasteiger partial charge in [0.1, 0.15) is 0 Å². The van der Waals surface area contributed by atoms with Gasteiger partial charge in [0, 0.05) is 12.5 Å². The zero-order valence-corrected chi connectivity index (χ0v) is 11.0. The maximum absolute atomic E-state index is 13.5. The monoisotopic (exact) mass is 308 g/mol. The van der Waals surface area contributed by atoms with Gasteiger partial charge < -0.3 is 10.2 Å². The van der Waals surface area contributed by atoms with E-state index < -0.39 is 47.5 Å². The zero-order valence-electron chi connectivity index (χ0n) is 11.0. The third kappa shape index (κ3) is 2.40. The Morgan fingerprint density at radius 1 is 1.29 bits per heavy atom. The molecule has 1 saturated carbocycles. The first-order valence-corrected chi connectivity index (χ1v) is 6.39. The summed E-state index contributed by atoms with van der Waals surface area (Å²) in [4.78, 5) is 24.0. The van der Waals surface area contributed by atoms with Crippen molar-refractivity contribution in [2.75, 3.05) is 13.2 Å². The van der Waals surface area contributed by atoms with Crippen LogP contribution in [0.1, 0.15) is 12.8 Å². The summed E-state index contributed by atoms with van der Waals surface area (Å²) < 4.78 is 41.0. The summed E-state index contributed by atoms with van der Waals surface area (Å²) >= 11 is 0. The molecule has 3 N–H and O–H groups in total. The van der Waals surface area contributed by atoms with E-state index >= 15 is 0 Å². The van der Waals surface area contributed by atoms with Gasteiger partial charge >= 0.3 is 5.69 Å². The standard InChI is InChI=1S/C12H15F3N2O4/c13-7-4-17(10(21)16-9(7)20)3-1-2-8-11(5-18,6-19)12(8,14)15/h4,8,18-19H,1-3,5-6H2,(H,16,20,21). The molecule has 0 radical (unpaired) electrons. The second kappa shape index (κ2) is 5.30. The number of aromatic amines is 1. The predicted octanol–water partition coefficient (Wildman–Crippen LogP) is -0.308. The molecule has 0 amide bonds. The molecule has 0 aliphatic heterocycles. The molecule has 0 bridgehead atoms. The van der Waals surface area contributed by atoms with Crippen LogP contribution in [-0.4, -0.2) is 38.9 Å². The third-order valence-electron chi connectivity index (χ3n) is 4.11. The quantitative estimate of drug-likeness (QED) is 0.672. The van der Waals surface area contributed by atoms with Crippen LogP contribution in [0, 0.1) is 17.2 Å². The summed E-state index contributed by atoms with van der Waals surface area (Å²) in [7, 11) is 0. The fourth-order valence-electron chi connectivity index (χ4n) is 2.64. The van der Waals surface area contributed by atoms with Crippen LogP contribution in [0.25, 0.3) is 0 Å². The number of hydrogen-bond acceptors (Lipinski definition) is 4. The number of aliphatic hydroxyl groups is 2. The van der Waals surface area contributed by atoms with E-state index in [1.165, 1.54) is 0 Å². The summed E-state index contributed by atoms with van der Waals surface area (Å²) in [6, 6.07) is 0. The number of halogens is 3. The smallest absolute Gasteiger partial charge is 0.328 e. The van der Waals surface area contributed by atoms with Crippen molar-refractivity contribution in [2.45, 2.75) is 25.3 Å². The van der Waals surface area contributed by atoms with E-state index in [0.717, 1.165) is 10.8 Å². The van der Waals surface area contributed by atoms with E-state index in [4.69, 9.17) is 10.2 Å². The molecule has 21 heavy (non-hydrogen) atoms. The molecule has 1 atom stereocenters. The van der Waals surface area contributed by atoms with Crippen LogP contribution in [0.5, 0.6) is 0 Å². The Labute approximate surface area is 116 Å². The lowest BCUT2D eigenvalue weighted by atomic mass is 10.0. The highest BCUT2D eigenvalue weighted by molar-refractivity contribution is 5.17. The topological polar surface area (TPSA) is 95.3 Å². The minimum absolute atomic E-state index is 0.0404. The highest BCUT2D eigenvalue weighted by Crippen LogP contribution is 2.67. The molecule has 1 unspecified atom stereocenters. The molecule has 1 heterocycles. The van der Waals surface area contributed by atoms with Crippen molar-refractivity contribution in [2.24, 2.45) is 11.3 Å². The second-order valence-corrected chi connectivity index (χ2v) is 5.22. The molecule has 2 rings (SSSR count). The first kappa shape index (κ1) is 15.8. The molecular formula is C12H15F3N2O4. The number of hydrogen-bond donors (Lipinski definition) is 3. The highest BCUT2D eigenvalue weighted by atomic mass is 19.3. The fraction of sp³-hybridized carbons (Fsp3) is 0.667. The SMILES string of the molecule is O=c1[nH]c(=O)n(CCCC2C(F)(F)C2(CO)CO)cc1F. The maximum Gasteiger partial charge on any atom is 0.328 e. The molecule has 1 aliphatic rings. The van der Waals surface area contributed by atoms with E-state index in [9.17, 15) is 22.8 Å². The Bertz CT molecular complexity index is 636. The Hall–Kier alpha value is -1.61. The minimum atomic E-state index is -3.16. The van der Waals surface area contributed by atoms with Crippen LogP contribution in [0.15, 0.2) is 15.8 Å². The van der Waals surface area contributed by atoms with Gasteiger partial charge in [0.15, 0.2) is 0 Å². The average Bonchev–Trinajstić information content (AvgIpc) is 2.91. The highest BCUT2D eigenvalue weighted by Gasteiger charge is 2.79. The van der Waals surface area contributed by atoms with Crippen molar-refractivity contribution in [3.63, 3.8) is 0 Å². The predicted molar refractivity (Wildman–Crippen MR) is 65.6 cm³/mol. The van der Waals surface area contributed by atoms with Gasteiger partial charge in [-0.05, 0) is 12.8 Å². The number of rotatable bonds is 6. The molecule has 1 fully saturated rings. The fourth-order valence-corrected chi connectivity index (χ4v) is 2.64.